The van der Waals surface area contributed by atoms with Gasteiger partial charge < -0.3 is 9.80 Å². The molecule has 0 bridgehead atoms. The highest BCUT2D eigenvalue weighted by Gasteiger charge is 2.49. The monoisotopic (exact) mass is 374 g/mol. The van der Waals surface area contributed by atoms with Crippen LogP contribution in [0, 0.1) is 0 Å². The fourth-order valence-electron chi connectivity index (χ4n) is 2.95. The summed E-state index contributed by atoms with van der Waals surface area (Å²) in [5, 5.41) is 0.654. The molecule has 25 heavy (non-hydrogen) atoms. The van der Waals surface area contributed by atoms with Gasteiger partial charge in [0.1, 0.15) is 0 Å². The van der Waals surface area contributed by atoms with Crippen molar-refractivity contribution in [2.45, 2.75) is 23.1 Å². The lowest BCUT2D eigenvalue weighted by Crippen LogP contribution is -2.55. The topological polar surface area (TPSA) is 40.6 Å². The van der Waals surface area contributed by atoms with Crippen LogP contribution in [0.15, 0.2) is 53.4 Å². The summed E-state index contributed by atoms with van der Waals surface area (Å²) in [4.78, 5) is 30.1. The molecule has 0 aromatic heterocycles. The predicted octanol–water partition coefficient (Wildman–Crippen LogP) is 3.83. The van der Waals surface area contributed by atoms with E-state index in [1.807, 2.05) is 36.4 Å². The second-order valence-electron chi connectivity index (χ2n) is 6.25. The molecule has 2 aromatic rings. The molecule has 1 unspecified atom stereocenters. The zero-order chi connectivity index (χ0) is 18.2. The van der Waals surface area contributed by atoms with E-state index < -0.39 is 4.75 Å². The van der Waals surface area contributed by atoms with Gasteiger partial charge in [-0.2, -0.15) is 0 Å². The number of hydrogen-bond donors (Lipinski definition) is 0. The highest BCUT2D eigenvalue weighted by Crippen LogP contribution is 2.45. The maximum atomic E-state index is 13.1. The summed E-state index contributed by atoms with van der Waals surface area (Å²) < 4.78 is -1.18. The lowest BCUT2D eigenvalue weighted by atomic mass is 10.1. The lowest BCUT2D eigenvalue weighted by molar-refractivity contribution is -0.137. The first-order valence-corrected chi connectivity index (χ1v) is 9.08. The van der Waals surface area contributed by atoms with Gasteiger partial charge in [-0.1, -0.05) is 47.6 Å². The third-order valence-corrected chi connectivity index (χ3v) is 5.92. The van der Waals surface area contributed by atoms with Gasteiger partial charge in [0.15, 0.2) is 4.75 Å². The molecule has 1 heterocycles. The van der Waals surface area contributed by atoms with Gasteiger partial charge >= 0.3 is 0 Å². The minimum absolute atomic E-state index is 0.204. The van der Waals surface area contributed by atoms with E-state index in [4.69, 9.17) is 11.6 Å². The number of benzene rings is 2. The lowest BCUT2D eigenvalue weighted by Gasteiger charge is -2.38. The van der Waals surface area contributed by atoms with E-state index in [0.29, 0.717) is 11.6 Å². The zero-order valence-electron chi connectivity index (χ0n) is 14.3. The third kappa shape index (κ3) is 3.26. The van der Waals surface area contributed by atoms with E-state index in [0.717, 1.165) is 16.1 Å². The average Bonchev–Trinajstić information content (AvgIpc) is 2.61. The van der Waals surface area contributed by atoms with Crippen LogP contribution in [0.3, 0.4) is 0 Å². The molecule has 0 fully saturated rings. The van der Waals surface area contributed by atoms with Crippen LogP contribution in [0.5, 0.6) is 0 Å². The van der Waals surface area contributed by atoms with Crippen LogP contribution in [0.25, 0.3) is 0 Å². The number of carbonyl (C=O) groups excluding carboxylic acids is 2. The minimum Gasteiger partial charge on any atom is -0.340 e. The molecule has 3 rings (SSSR count). The van der Waals surface area contributed by atoms with Crippen molar-refractivity contribution in [2.75, 3.05) is 19.0 Å². The Morgan fingerprint density at radius 3 is 2.52 bits per heavy atom. The molecule has 0 N–H and O–H groups in total. The quantitative estimate of drug-likeness (QED) is 0.767. The van der Waals surface area contributed by atoms with Gasteiger partial charge in [-0.05, 0) is 36.8 Å². The third-order valence-electron chi connectivity index (χ3n) is 4.34. The van der Waals surface area contributed by atoms with Gasteiger partial charge in [-0.3, -0.25) is 9.59 Å². The Kier molecular flexibility index (Phi) is 4.80. The Labute approximate surface area is 156 Å². The molecule has 6 heteroatoms. The smallest absolute Gasteiger partial charge is 0.252 e. The fourth-order valence-corrected chi connectivity index (χ4v) is 4.44. The van der Waals surface area contributed by atoms with Crippen LogP contribution in [0.4, 0.5) is 5.69 Å². The molecule has 0 saturated carbocycles. The number of carbonyl (C=O) groups is 2. The van der Waals surface area contributed by atoms with Crippen LogP contribution >= 0.6 is 23.4 Å². The number of rotatable bonds is 3. The molecule has 0 radical (unpaired) electrons. The highest BCUT2D eigenvalue weighted by molar-refractivity contribution is 8.02. The van der Waals surface area contributed by atoms with Gasteiger partial charge in [-0.15, -0.1) is 0 Å². The van der Waals surface area contributed by atoms with Crippen LogP contribution in [0.2, 0.25) is 5.02 Å². The fraction of sp³-hybridized carbons (Fsp3) is 0.263. The number of nitrogens with zero attached hydrogens (tertiary/aromatic N) is 2. The molecular formula is C19H19ClN2O2S. The number of thioether (sulfide) groups is 1. The maximum Gasteiger partial charge on any atom is 0.252 e. The average molecular weight is 375 g/mol. The van der Waals surface area contributed by atoms with Crippen molar-refractivity contribution in [2.24, 2.45) is 0 Å². The van der Waals surface area contributed by atoms with E-state index in [2.05, 4.69) is 0 Å². The molecule has 2 aromatic carbocycles. The first kappa shape index (κ1) is 17.8. The second kappa shape index (κ2) is 6.73. The second-order valence-corrected chi connectivity index (χ2v) is 8.15. The van der Waals surface area contributed by atoms with Gasteiger partial charge in [0.05, 0.1) is 5.69 Å². The Morgan fingerprint density at radius 1 is 1.20 bits per heavy atom. The van der Waals surface area contributed by atoms with Crippen molar-refractivity contribution >= 4 is 40.9 Å². The van der Waals surface area contributed by atoms with Crippen molar-refractivity contribution in [1.82, 2.24) is 4.90 Å². The van der Waals surface area contributed by atoms with E-state index >= 15 is 0 Å². The highest BCUT2D eigenvalue weighted by atomic mass is 35.5. The van der Waals surface area contributed by atoms with Gasteiger partial charge in [0, 0.05) is 30.6 Å². The maximum absolute atomic E-state index is 13.1. The Bertz CT molecular complexity index is 824. The van der Waals surface area contributed by atoms with Crippen LogP contribution in [-0.4, -0.2) is 35.6 Å². The first-order chi connectivity index (χ1) is 11.8. The summed E-state index contributed by atoms with van der Waals surface area (Å²) in [6.07, 6.45) is 0. The van der Waals surface area contributed by atoms with Crippen molar-refractivity contribution in [3.8, 4) is 0 Å². The van der Waals surface area contributed by atoms with Crippen molar-refractivity contribution in [3.63, 3.8) is 0 Å². The van der Waals surface area contributed by atoms with Crippen LogP contribution < -0.4 is 4.90 Å². The normalized spacial score (nSPS) is 19.5. The van der Waals surface area contributed by atoms with E-state index in [1.54, 1.807) is 43.0 Å². The number of amides is 2. The first-order valence-electron chi connectivity index (χ1n) is 7.89. The van der Waals surface area contributed by atoms with Crippen molar-refractivity contribution in [1.29, 1.82) is 0 Å². The van der Waals surface area contributed by atoms with E-state index in [1.165, 1.54) is 11.8 Å². The summed E-state index contributed by atoms with van der Waals surface area (Å²) >= 11 is 7.22. The number of fused-ring (bicyclic) bond motifs is 1. The molecule has 4 nitrogen and oxygen atoms in total. The zero-order valence-corrected chi connectivity index (χ0v) is 15.9. The van der Waals surface area contributed by atoms with Crippen LogP contribution in [-0.2, 0) is 16.1 Å². The summed E-state index contributed by atoms with van der Waals surface area (Å²) in [5.74, 6) is -0.414. The summed E-state index contributed by atoms with van der Waals surface area (Å²) in [6, 6.07) is 15.0. The van der Waals surface area contributed by atoms with Gasteiger partial charge in [-0.25, -0.2) is 0 Å². The van der Waals surface area contributed by atoms with Gasteiger partial charge in [0.25, 0.3) is 5.91 Å². The van der Waals surface area contributed by atoms with E-state index in [-0.39, 0.29) is 11.8 Å². The molecular weight excluding hydrogens is 356 g/mol. The molecule has 1 aliphatic heterocycles. The summed E-state index contributed by atoms with van der Waals surface area (Å²) in [7, 11) is 3.43. The molecule has 2 amide bonds. The molecule has 0 saturated heterocycles. The Balaban J connectivity index is 1.85. The summed E-state index contributed by atoms with van der Waals surface area (Å²) in [5.41, 5.74) is 1.80. The molecule has 130 valence electrons. The number of halogens is 1. The molecule has 0 spiro atoms. The minimum atomic E-state index is -1.18. The molecule has 1 atom stereocenters. The number of anilines is 1. The Morgan fingerprint density at radius 2 is 1.84 bits per heavy atom. The molecule has 0 aliphatic carbocycles. The van der Waals surface area contributed by atoms with Crippen molar-refractivity contribution in [3.05, 3.63) is 59.1 Å². The summed E-state index contributed by atoms with van der Waals surface area (Å²) in [6.45, 7) is 2.12. The van der Waals surface area contributed by atoms with Crippen molar-refractivity contribution < 1.29 is 9.59 Å². The molecule has 1 aliphatic rings. The Hall–Kier alpha value is -1.98. The van der Waals surface area contributed by atoms with Gasteiger partial charge in [0.2, 0.25) is 5.91 Å². The standard InChI is InChI=1S/C19H19ClN2O2S/c1-19(17(23)21(2)12-13-8-10-14(20)11-9-13)18(24)22(3)15-6-4-5-7-16(15)25-19/h4-11H,12H2,1-3H3. The largest absolute Gasteiger partial charge is 0.340 e. The predicted molar refractivity (Wildman–Crippen MR) is 102 cm³/mol. The number of hydrogen-bond acceptors (Lipinski definition) is 3. The SMILES string of the molecule is CN(Cc1ccc(Cl)cc1)C(=O)C1(C)Sc2ccccc2N(C)C1=O. The van der Waals surface area contributed by atoms with Crippen LogP contribution in [0.1, 0.15) is 12.5 Å². The number of para-hydroxylation sites is 1. The van der Waals surface area contributed by atoms with E-state index in [9.17, 15) is 9.59 Å².